The number of aliphatic hydroxyl groups is 1. The minimum atomic E-state index is -2.30. The molecule has 0 radical (unpaired) electrons. The van der Waals surface area contributed by atoms with Gasteiger partial charge >= 0.3 is 6.09 Å². The number of ether oxygens (including phenoxy) is 1. The lowest BCUT2D eigenvalue weighted by Gasteiger charge is -2.43. The molecule has 0 fully saturated rings. The van der Waals surface area contributed by atoms with Crippen molar-refractivity contribution < 1.29 is 19.1 Å². The molecule has 0 aliphatic heterocycles. The van der Waals surface area contributed by atoms with Crippen LogP contribution in [0.5, 0.6) is 0 Å². The van der Waals surface area contributed by atoms with E-state index in [1.807, 2.05) is 97.1 Å². The number of nitrogens with zero attached hydrogens (tertiary/aromatic N) is 1. The second-order valence-corrected chi connectivity index (χ2v) is 15.4. The normalized spacial score (nSPS) is 17.7. The minimum absolute atomic E-state index is 0.0840. The highest BCUT2D eigenvalue weighted by molar-refractivity contribution is 6.80. The number of carbonyl (C=O) groups is 1. The predicted octanol–water partition coefficient (Wildman–Crippen LogP) is 7.23. The topological polar surface area (TPSA) is 59.0 Å². The zero-order valence-corrected chi connectivity index (χ0v) is 27.8. The van der Waals surface area contributed by atoms with Crippen molar-refractivity contribution in [2.24, 2.45) is 0 Å². The standard InChI is InChI=1S/C40H41NO4Si/c1-39(2,3)36-26-16-25-35-34(36)27-28-40(43,37(35)45-46(32-21-12-6-13-22-32)33-23-14-7-15-24-33)29-44-38(42)41(30-17-8-4-9-18-30)31-19-10-5-11-20-31/h4-26,37,43,46H,27-29H2,1-3H3/t37?,40-/m0/s1. The summed E-state index contributed by atoms with van der Waals surface area (Å²) in [5.41, 5.74) is 3.25. The number of rotatable bonds is 8. The van der Waals surface area contributed by atoms with Gasteiger partial charge in [-0.25, -0.2) is 9.69 Å². The van der Waals surface area contributed by atoms with Crippen molar-refractivity contribution in [1.82, 2.24) is 0 Å². The van der Waals surface area contributed by atoms with Crippen LogP contribution in [0.3, 0.4) is 0 Å². The molecular weight excluding hydrogens is 587 g/mol. The molecule has 6 heteroatoms. The lowest BCUT2D eigenvalue weighted by molar-refractivity contribution is -0.108. The van der Waals surface area contributed by atoms with Crippen LogP contribution < -0.4 is 15.3 Å². The maximum absolute atomic E-state index is 13.9. The molecule has 0 saturated heterocycles. The van der Waals surface area contributed by atoms with Crippen molar-refractivity contribution in [1.29, 1.82) is 0 Å². The van der Waals surface area contributed by atoms with Gasteiger partial charge in [-0.2, -0.15) is 0 Å². The van der Waals surface area contributed by atoms with Gasteiger partial charge in [-0.1, -0.05) is 136 Å². The lowest BCUT2D eigenvalue weighted by atomic mass is 9.72. The summed E-state index contributed by atoms with van der Waals surface area (Å²) in [5.74, 6) is 0. The van der Waals surface area contributed by atoms with Gasteiger partial charge in [0, 0.05) is 0 Å². The molecule has 0 heterocycles. The first-order valence-electron chi connectivity index (χ1n) is 15.9. The van der Waals surface area contributed by atoms with Crippen molar-refractivity contribution in [2.45, 2.75) is 50.7 Å². The summed E-state index contributed by atoms with van der Waals surface area (Å²) < 4.78 is 13.3. The molecule has 0 aromatic heterocycles. The first kappa shape index (κ1) is 31.5. The predicted molar refractivity (Wildman–Crippen MR) is 188 cm³/mol. The minimum Gasteiger partial charge on any atom is -0.446 e. The van der Waals surface area contributed by atoms with Gasteiger partial charge in [0.2, 0.25) is 9.04 Å². The van der Waals surface area contributed by atoms with Crippen LogP contribution in [0.15, 0.2) is 140 Å². The average Bonchev–Trinajstić information content (AvgIpc) is 3.08. The second-order valence-electron chi connectivity index (χ2n) is 13.0. The summed E-state index contributed by atoms with van der Waals surface area (Å²) in [4.78, 5) is 15.4. The first-order valence-corrected chi connectivity index (χ1v) is 17.5. The molecule has 234 valence electrons. The summed E-state index contributed by atoms with van der Waals surface area (Å²) in [5, 5.41) is 14.8. The van der Waals surface area contributed by atoms with Gasteiger partial charge in [0.05, 0.1) is 11.4 Å². The van der Waals surface area contributed by atoms with Gasteiger partial charge in [0.15, 0.2) is 0 Å². The van der Waals surface area contributed by atoms with Crippen LogP contribution in [0.4, 0.5) is 16.2 Å². The molecule has 5 aromatic rings. The van der Waals surface area contributed by atoms with Gasteiger partial charge in [-0.05, 0) is 69.6 Å². The smallest absolute Gasteiger partial charge is 0.419 e. The largest absolute Gasteiger partial charge is 0.446 e. The SMILES string of the molecule is CC(C)(C)c1cccc2c1CC[C@](O)(COC(=O)N(c1ccccc1)c1ccccc1)C2O[SiH](c1ccccc1)c1ccccc1. The lowest BCUT2D eigenvalue weighted by Crippen LogP contribution is -2.53. The zero-order chi connectivity index (χ0) is 32.1. The van der Waals surface area contributed by atoms with Crippen LogP contribution in [0, 0.1) is 0 Å². The number of anilines is 2. The third-order valence-electron chi connectivity index (χ3n) is 8.73. The fourth-order valence-corrected chi connectivity index (χ4v) is 8.96. The second kappa shape index (κ2) is 13.5. The molecule has 1 aliphatic carbocycles. The van der Waals surface area contributed by atoms with Crippen LogP contribution in [0.2, 0.25) is 0 Å². The first-order chi connectivity index (χ1) is 22.2. The highest BCUT2D eigenvalue weighted by atomic mass is 28.3. The van der Waals surface area contributed by atoms with Gasteiger partial charge in [-0.15, -0.1) is 0 Å². The van der Waals surface area contributed by atoms with E-state index < -0.39 is 26.8 Å². The molecular formula is C40H41NO4Si. The van der Waals surface area contributed by atoms with E-state index in [0.29, 0.717) is 24.2 Å². The Balaban J connectivity index is 1.38. The van der Waals surface area contributed by atoms with Crippen LogP contribution in [0.1, 0.15) is 50.0 Å². The third-order valence-corrected chi connectivity index (χ3v) is 11.3. The molecule has 6 rings (SSSR count). The number of benzene rings is 5. The molecule has 46 heavy (non-hydrogen) atoms. The number of hydrogen-bond donors (Lipinski definition) is 1. The monoisotopic (exact) mass is 627 g/mol. The fraction of sp³-hybridized carbons (Fsp3) is 0.225. The highest BCUT2D eigenvalue weighted by Crippen LogP contribution is 2.44. The maximum atomic E-state index is 13.9. The summed E-state index contributed by atoms with van der Waals surface area (Å²) in [6.07, 6.45) is -0.211. The Kier molecular flexibility index (Phi) is 9.22. The number of fused-ring (bicyclic) bond motifs is 1. The van der Waals surface area contributed by atoms with E-state index in [1.165, 1.54) is 11.1 Å². The molecule has 0 spiro atoms. The molecule has 1 aliphatic rings. The number of hydrogen-bond acceptors (Lipinski definition) is 4. The van der Waals surface area contributed by atoms with E-state index in [-0.39, 0.29) is 12.0 Å². The Bertz CT molecular complexity index is 1660. The molecule has 0 bridgehead atoms. The van der Waals surface area contributed by atoms with Crippen molar-refractivity contribution in [3.63, 3.8) is 0 Å². The Labute approximate surface area is 273 Å². The van der Waals surface area contributed by atoms with E-state index in [2.05, 4.69) is 63.2 Å². The third kappa shape index (κ3) is 6.70. The number of amides is 1. The van der Waals surface area contributed by atoms with Gasteiger partial charge in [0.1, 0.15) is 18.3 Å². The molecule has 5 nitrogen and oxygen atoms in total. The summed E-state index contributed by atoms with van der Waals surface area (Å²) in [6, 6.07) is 45.7. The van der Waals surface area contributed by atoms with E-state index in [4.69, 9.17) is 9.16 Å². The quantitative estimate of drug-likeness (QED) is 0.185. The van der Waals surface area contributed by atoms with Gasteiger partial charge < -0.3 is 14.3 Å². The fourth-order valence-electron chi connectivity index (χ4n) is 6.45. The molecule has 0 saturated carbocycles. The van der Waals surface area contributed by atoms with Crippen molar-refractivity contribution in [3.05, 3.63) is 156 Å². The van der Waals surface area contributed by atoms with Gasteiger partial charge in [-0.3, -0.25) is 0 Å². The average molecular weight is 628 g/mol. The maximum Gasteiger partial charge on any atom is 0.419 e. The van der Waals surface area contributed by atoms with E-state index >= 15 is 0 Å². The van der Waals surface area contributed by atoms with Crippen LogP contribution >= 0.6 is 0 Å². The molecule has 5 aromatic carbocycles. The van der Waals surface area contributed by atoms with E-state index in [9.17, 15) is 9.90 Å². The van der Waals surface area contributed by atoms with Crippen molar-refractivity contribution in [3.8, 4) is 0 Å². The van der Waals surface area contributed by atoms with Crippen LogP contribution in [-0.2, 0) is 21.0 Å². The summed E-state index contributed by atoms with van der Waals surface area (Å²) in [6.45, 7) is 6.44. The van der Waals surface area contributed by atoms with Crippen molar-refractivity contribution in [2.75, 3.05) is 11.5 Å². The molecule has 1 N–H and O–H groups in total. The number of para-hydroxylation sites is 2. The van der Waals surface area contributed by atoms with Gasteiger partial charge in [0.25, 0.3) is 0 Å². The molecule has 1 unspecified atom stereocenters. The molecule has 1 amide bonds. The van der Waals surface area contributed by atoms with E-state index in [0.717, 1.165) is 15.9 Å². The van der Waals surface area contributed by atoms with Crippen LogP contribution in [-0.4, -0.2) is 32.4 Å². The highest BCUT2D eigenvalue weighted by Gasteiger charge is 2.46. The Morgan fingerprint density at radius 2 is 1.26 bits per heavy atom. The number of carbonyl (C=O) groups excluding carboxylic acids is 1. The van der Waals surface area contributed by atoms with Crippen LogP contribution in [0.25, 0.3) is 0 Å². The zero-order valence-electron chi connectivity index (χ0n) is 26.7. The van der Waals surface area contributed by atoms with E-state index in [1.54, 1.807) is 4.90 Å². The Morgan fingerprint density at radius 1 is 0.761 bits per heavy atom. The van der Waals surface area contributed by atoms with Crippen molar-refractivity contribution >= 4 is 36.9 Å². The summed E-state index contributed by atoms with van der Waals surface area (Å²) >= 11 is 0. The summed E-state index contributed by atoms with van der Waals surface area (Å²) in [7, 11) is -2.30. The molecule has 2 atom stereocenters. The Morgan fingerprint density at radius 3 is 1.76 bits per heavy atom. The Hall–Kier alpha value is -4.49.